The molecular formula is C12H12N4O4S. The molecule has 0 aliphatic carbocycles. The topological polar surface area (TPSA) is 123 Å². The van der Waals surface area contributed by atoms with E-state index in [4.69, 9.17) is 10.4 Å². The van der Waals surface area contributed by atoms with Gasteiger partial charge in [-0.2, -0.15) is 5.26 Å². The Morgan fingerprint density at radius 2 is 2.38 bits per heavy atom. The number of carbonyl (C=O) groups is 3. The number of thiophene rings is 1. The first-order valence-corrected chi connectivity index (χ1v) is 6.90. The van der Waals surface area contributed by atoms with Gasteiger partial charge in [-0.1, -0.05) is 0 Å². The summed E-state index contributed by atoms with van der Waals surface area (Å²) in [5.74, 6) is -1.89. The van der Waals surface area contributed by atoms with E-state index in [1.807, 2.05) is 6.07 Å². The van der Waals surface area contributed by atoms with Crippen LogP contribution in [0.4, 0.5) is 5.00 Å². The fourth-order valence-electron chi connectivity index (χ4n) is 1.94. The maximum Gasteiger partial charge on any atom is 0.322 e. The fraction of sp³-hybridized carbons (Fsp3) is 0.333. The number of aliphatic carboxylic acids is 1. The van der Waals surface area contributed by atoms with Crippen LogP contribution in [0.1, 0.15) is 5.56 Å². The van der Waals surface area contributed by atoms with Crippen LogP contribution in [0.5, 0.6) is 0 Å². The Hall–Kier alpha value is -2.44. The van der Waals surface area contributed by atoms with Crippen molar-refractivity contribution in [1.82, 2.24) is 10.2 Å². The number of amides is 2. The van der Waals surface area contributed by atoms with Crippen LogP contribution in [-0.4, -0.2) is 53.5 Å². The maximum absolute atomic E-state index is 11.9. The van der Waals surface area contributed by atoms with Crippen LogP contribution in [0.15, 0.2) is 11.4 Å². The Morgan fingerprint density at radius 3 is 3.05 bits per heavy atom. The quantitative estimate of drug-likeness (QED) is 0.685. The lowest BCUT2D eigenvalue weighted by molar-refractivity contribution is -0.146. The van der Waals surface area contributed by atoms with Crippen LogP contribution in [0.25, 0.3) is 0 Å². The Labute approximate surface area is 124 Å². The largest absolute Gasteiger partial charge is 0.480 e. The molecule has 21 heavy (non-hydrogen) atoms. The Morgan fingerprint density at radius 1 is 1.62 bits per heavy atom. The average molecular weight is 308 g/mol. The number of nitrogens with one attached hydrogen (secondary N) is 2. The minimum atomic E-state index is -1.10. The van der Waals surface area contributed by atoms with Gasteiger partial charge in [0.15, 0.2) is 0 Å². The summed E-state index contributed by atoms with van der Waals surface area (Å²) < 4.78 is 0. The standard InChI is InChI=1S/C12H12N4O4S/c13-3-7-1-2-21-11(7)15-10(18)6-16-5-9(17)14-4-8(16)12(19)20/h1-2,8H,4-6H2,(H,14,17)(H,15,18)(H,19,20). The summed E-state index contributed by atoms with van der Waals surface area (Å²) in [4.78, 5) is 35.7. The summed E-state index contributed by atoms with van der Waals surface area (Å²) in [5, 5.41) is 25.0. The summed E-state index contributed by atoms with van der Waals surface area (Å²) in [6.45, 7) is -0.420. The third-order valence-corrected chi connectivity index (χ3v) is 3.78. The van der Waals surface area contributed by atoms with Gasteiger partial charge >= 0.3 is 5.97 Å². The Bertz CT molecular complexity index is 621. The number of anilines is 1. The van der Waals surface area contributed by atoms with Crippen molar-refractivity contribution in [2.45, 2.75) is 6.04 Å². The summed E-state index contributed by atoms with van der Waals surface area (Å²) in [5.41, 5.74) is 0.347. The van der Waals surface area contributed by atoms with Gasteiger partial charge in [-0.25, -0.2) is 0 Å². The first-order chi connectivity index (χ1) is 10.0. The average Bonchev–Trinajstić information content (AvgIpc) is 2.85. The van der Waals surface area contributed by atoms with Crippen LogP contribution in [0.3, 0.4) is 0 Å². The van der Waals surface area contributed by atoms with Crippen molar-refractivity contribution in [2.75, 3.05) is 25.0 Å². The van der Waals surface area contributed by atoms with Gasteiger partial charge in [-0.05, 0) is 11.4 Å². The predicted molar refractivity (Wildman–Crippen MR) is 73.7 cm³/mol. The van der Waals surface area contributed by atoms with Crippen molar-refractivity contribution in [1.29, 1.82) is 5.26 Å². The molecule has 0 radical (unpaired) electrons. The summed E-state index contributed by atoms with van der Waals surface area (Å²) in [7, 11) is 0. The number of carboxylic acid groups (broad SMARTS) is 1. The van der Waals surface area contributed by atoms with Crippen LogP contribution >= 0.6 is 11.3 Å². The lowest BCUT2D eigenvalue weighted by Gasteiger charge is -2.31. The molecule has 9 heteroatoms. The molecule has 1 saturated heterocycles. The number of hydrogen-bond acceptors (Lipinski definition) is 6. The molecule has 8 nitrogen and oxygen atoms in total. The van der Waals surface area contributed by atoms with Gasteiger partial charge in [0.05, 0.1) is 18.7 Å². The molecule has 0 spiro atoms. The highest BCUT2D eigenvalue weighted by molar-refractivity contribution is 7.14. The third-order valence-electron chi connectivity index (χ3n) is 2.95. The fourth-order valence-corrected chi connectivity index (χ4v) is 2.70. The van der Waals surface area contributed by atoms with Crippen molar-refractivity contribution < 1.29 is 19.5 Å². The van der Waals surface area contributed by atoms with Crippen LogP contribution in [-0.2, 0) is 14.4 Å². The van der Waals surface area contributed by atoms with Gasteiger partial charge in [0.2, 0.25) is 11.8 Å². The first kappa shape index (κ1) is 15.0. The Balaban J connectivity index is 2.02. The van der Waals surface area contributed by atoms with Crippen molar-refractivity contribution in [3.63, 3.8) is 0 Å². The minimum Gasteiger partial charge on any atom is -0.480 e. The lowest BCUT2D eigenvalue weighted by atomic mass is 10.2. The second-order valence-electron chi connectivity index (χ2n) is 4.39. The molecule has 1 aliphatic rings. The lowest BCUT2D eigenvalue weighted by Crippen LogP contribution is -2.58. The maximum atomic E-state index is 11.9. The van der Waals surface area contributed by atoms with Crippen LogP contribution in [0, 0.1) is 11.3 Å². The highest BCUT2D eigenvalue weighted by atomic mass is 32.1. The monoisotopic (exact) mass is 308 g/mol. The van der Waals surface area contributed by atoms with Gasteiger partial charge in [0.25, 0.3) is 0 Å². The van der Waals surface area contributed by atoms with E-state index in [1.165, 1.54) is 16.2 Å². The number of nitriles is 1. The molecule has 3 N–H and O–H groups in total. The highest BCUT2D eigenvalue weighted by Crippen LogP contribution is 2.22. The summed E-state index contributed by atoms with van der Waals surface area (Å²) in [6.07, 6.45) is 0. The summed E-state index contributed by atoms with van der Waals surface area (Å²) >= 11 is 1.20. The molecule has 0 aromatic carbocycles. The molecule has 1 aliphatic heterocycles. The number of piperazine rings is 1. The van der Waals surface area contributed by atoms with Crippen LogP contribution < -0.4 is 10.6 Å². The molecule has 0 bridgehead atoms. The zero-order valence-electron chi connectivity index (χ0n) is 10.8. The van der Waals surface area contributed by atoms with Gasteiger partial charge in [-0.15, -0.1) is 11.3 Å². The molecule has 1 unspecified atom stereocenters. The first-order valence-electron chi connectivity index (χ1n) is 6.02. The Kier molecular flexibility index (Phi) is 4.52. The highest BCUT2D eigenvalue weighted by Gasteiger charge is 2.33. The smallest absolute Gasteiger partial charge is 0.322 e. The number of carbonyl (C=O) groups excluding carboxylic acids is 2. The van der Waals surface area contributed by atoms with Gasteiger partial charge in [0, 0.05) is 6.54 Å². The van der Waals surface area contributed by atoms with Crippen molar-refractivity contribution in [2.24, 2.45) is 0 Å². The number of hydrogen-bond donors (Lipinski definition) is 3. The second kappa shape index (κ2) is 6.34. The SMILES string of the molecule is N#Cc1ccsc1NC(=O)CN1CC(=O)NCC1C(=O)O. The molecule has 1 fully saturated rings. The number of carboxylic acids is 1. The van der Waals surface area contributed by atoms with E-state index in [0.717, 1.165) is 0 Å². The molecule has 2 amide bonds. The van der Waals surface area contributed by atoms with E-state index >= 15 is 0 Å². The van der Waals surface area contributed by atoms with E-state index < -0.39 is 17.9 Å². The molecule has 2 heterocycles. The van der Waals surface area contributed by atoms with Crippen molar-refractivity contribution in [3.05, 3.63) is 17.0 Å². The van der Waals surface area contributed by atoms with E-state index in [9.17, 15) is 14.4 Å². The number of rotatable bonds is 4. The van der Waals surface area contributed by atoms with Gasteiger partial charge in [-0.3, -0.25) is 19.3 Å². The minimum absolute atomic E-state index is 0.0378. The molecule has 0 saturated carbocycles. The molecular weight excluding hydrogens is 296 g/mol. The zero-order valence-corrected chi connectivity index (χ0v) is 11.6. The molecule has 1 aromatic rings. The third kappa shape index (κ3) is 3.56. The molecule has 1 atom stereocenters. The summed E-state index contributed by atoms with van der Waals surface area (Å²) in [6, 6.07) is 2.58. The van der Waals surface area contributed by atoms with Gasteiger partial charge in [0.1, 0.15) is 17.1 Å². The van der Waals surface area contributed by atoms with E-state index in [0.29, 0.717) is 10.6 Å². The molecule has 1 aromatic heterocycles. The second-order valence-corrected chi connectivity index (χ2v) is 5.30. The molecule has 110 valence electrons. The molecule has 2 rings (SSSR count). The van der Waals surface area contributed by atoms with Gasteiger partial charge < -0.3 is 15.7 Å². The number of nitrogens with zero attached hydrogens (tertiary/aromatic N) is 2. The zero-order chi connectivity index (χ0) is 15.4. The van der Waals surface area contributed by atoms with Crippen molar-refractivity contribution in [3.8, 4) is 6.07 Å². The van der Waals surface area contributed by atoms with E-state index in [-0.39, 0.29) is 25.5 Å². The van der Waals surface area contributed by atoms with Crippen LogP contribution in [0.2, 0.25) is 0 Å². The van der Waals surface area contributed by atoms with E-state index in [2.05, 4.69) is 10.6 Å². The van der Waals surface area contributed by atoms with Crippen molar-refractivity contribution >= 4 is 34.1 Å². The normalized spacial score (nSPS) is 18.6. The van der Waals surface area contributed by atoms with E-state index in [1.54, 1.807) is 11.4 Å². The predicted octanol–water partition coefficient (Wildman–Crippen LogP) is -0.557.